The molecule has 0 spiro atoms. The van der Waals surface area contributed by atoms with Gasteiger partial charge in [0.15, 0.2) is 11.6 Å². The van der Waals surface area contributed by atoms with Crippen molar-refractivity contribution in [1.82, 2.24) is 14.4 Å². The summed E-state index contributed by atoms with van der Waals surface area (Å²) >= 11 is 0. The summed E-state index contributed by atoms with van der Waals surface area (Å²) < 4.78 is 7.90. The molecule has 28 heavy (non-hydrogen) atoms. The zero-order chi connectivity index (χ0) is 20.1. The van der Waals surface area contributed by atoms with Crippen LogP contribution in [-0.4, -0.2) is 34.6 Å². The summed E-state index contributed by atoms with van der Waals surface area (Å²) in [5.74, 6) is 3.11. The van der Waals surface area contributed by atoms with Gasteiger partial charge in [-0.1, -0.05) is 38.5 Å². The number of aryl methyl sites for hydroxylation is 2. The van der Waals surface area contributed by atoms with E-state index in [4.69, 9.17) is 9.72 Å². The number of rotatable bonds is 9. The molecule has 1 N–H and O–H groups in total. The minimum absolute atomic E-state index is 0.667. The zero-order valence-electron chi connectivity index (χ0n) is 17.6. The Balaban J connectivity index is 2.15. The van der Waals surface area contributed by atoms with Crippen LogP contribution in [0.25, 0.3) is 5.78 Å². The number of imidazole rings is 1. The molecule has 0 unspecified atom stereocenters. The quantitative estimate of drug-likeness (QED) is 0.566. The first-order valence-corrected chi connectivity index (χ1v) is 10.1. The van der Waals surface area contributed by atoms with Crippen molar-refractivity contribution in [3.8, 4) is 5.75 Å². The van der Waals surface area contributed by atoms with Gasteiger partial charge in [-0.15, -0.1) is 0 Å². The first-order valence-electron chi connectivity index (χ1n) is 10.1. The fourth-order valence-corrected chi connectivity index (χ4v) is 3.61. The maximum absolute atomic E-state index is 5.88. The van der Waals surface area contributed by atoms with Gasteiger partial charge >= 0.3 is 0 Å². The maximum atomic E-state index is 5.88. The summed E-state index contributed by atoms with van der Waals surface area (Å²) in [6.07, 6.45) is 6.80. The molecule has 0 amide bonds. The lowest BCUT2D eigenvalue weighted by atomic mass is 10.1. The highest BCUT2D eigenvalue weighted by Gasteiger charge is 2.22. The Morgan fingerprint density at radius 3 is 2.54 bits per heavy atom. The minimum atomic E-state index is 0.667. The van der Waals surface area contributed by atoms with Crippen LogP contribution in [0.5, 0.6) is 5.75 Å². The number of hydrogen-bond donors (Lipinski definition) is 1. The third-order valence-electron chi connectivity index (χ3n) is 4.86. The number of anilines is 3. The summed E-state index contributed by atoms with van der Waals surface area (Å²) in [7, 11) is 1.71. The summed E-state index contributed by atoms with van der Waals surface area (Å²) in [5, 5.41) is 3.52. The molecule has 6 heteroatoms. The second kappa shape index (κ2) is 8.95. The minimum Gasteiger partial charge on any atom is -0.490 e. The average Bonchev–Trinajstić information content (AvgIpc) is 3.16. The van der Waals surface area contributed by atoms with Crippen molar-refractivity contribution in [3.05, 3.63) is 41.7 Å². The topological polar surface area (TPSA) is 54.7 Å². The standard InChI is InChI=1S/C22H31N5O/c1-6-12-26(13-7-2)21-19(28-5)20(25-22-23-11-14-27(21)22)24-18-10-9-16(4)15-17(18)8-3/h9-11,14-15H,6-8,12-13H2,1-5H3,(H,23,24,25). The molecule has 0 aliphatic rings. The first kappa shape index (κ1) is 20.0. The third-order valence-corrected chi connectivity index (χ3v) is 4.86. The molecule has 3 aromatic rings. The predicted molar refractivity (Wildman–Crippen MR) is 116 cm³/mol. The van der Waals surface area contributed by atoms with E-state index in [0.717, 1.165) is 49.6 Å². The van der Waals surface area contributed by atoms with Gasteiger partial charge in [0.2, 0.25) is 11.5 Å². The van der Waals surface area contributed by atoms with Gasteiger partial charge in [-0.05, 0) is 37.8 Å². The van der Waals surface area contributed by atoms with Crippen molar-refractivity contribution in [2.24, 2.45) is 0 Å². The lowest BCUT2D eigenvalue weighted by Gasteiger charge is -2.27. The van der Waals surface area contributed by atoms with E-state index in [1.54, 1.807) is 13.3 Å². The maximum Gasteiger partial charge on any atom is 0.237 e. The van der Waals surface area contributed by atoms with Gasteiger partial charge in [0.1, 0.15) is 0 Å². The smallest absolute Gasteiger partial charge is 0.237 e. The van der Waals surface area contributed by atoms with Gasteiger partial charge in [0.05, 0.1) is 7.11 Å². The zero-order valence-corrected chi connectivity index (χ0v) is 17.6. The molecule has 0 bridgehead atoms. The fourth-order valence-electron chi connectivity index (χ4n) is 3.61. The highest BCUT2D eigenvalue weighted by Crippen LogP contribution is 2.37. The van der Waals surface area contributed by atoms with Crippen molar-refractivity contribution >= 4 is 23.1 Å². The van der Waals surface area contributed by atoms with Crippen molar-refractivity contribution in [1.29, 1.82) is 0 Å². The molecule has 1 aromatic carbocycles. The molecule has 0 radical (unpaired) electrons. The second-order valence-corrected chi connectivity index (χ2v) is 7.04. The Morgan fingerprint density at radius 2 is 1.89 bits per heavy atom. The van der Waals surface area contributed by atoms with Crippen LogP contribution in [0.4, 0.5) is 17.3 Å². The number of hydrogen-bond acceptors (Lipinski definition) is 5. The molecule has 150 valence electrons. The highest BCUT2D eigenvalue weighted by atomic mass is 16.5. The number of aromatic nitrogens is 3. The normalized spacial score (nSPS) is 11.0. The van der Waals surface area contributed by atoms with Gasteiger partial charge in [-0.2, -0.15) is 4.98 Å². The molecule has 0 saturated carbocycles. The molecule has 6 nitrogen and oxygen atoms in total. The molecule has 0 fully saturated rings. The van der Waals surface area contributed by atoms with Gasteiger partial charge in [-0.25, -0.2) is 4.98 Å². The van der Waals surface area contributed by atoms with E-state index < -0.39 is 0 Å². The summed E-state index contributed by atoms with van der Waals surface area (Å²) in [6, 6.07) is 6.44. The molecule has 3 rings (SSSR count). The van der Waals surface area contributed by atoms with E-state index in [0.29, 0.717) is 11.6 Å². The molecule has 0 atom stereocenters. The molecule has 0 aliphatic heterocycles. The Labute approximate surface area is 167 Å². The Morgan fingerprint density at radius 1 is 1.14 bits per heavy atom. The molecular formula is C22H31N5O. The van der Waals surface area contributed by atoms with E-state index in [9.17, 15) is 0 Å². The molecule has 2 aromatic heterocycles. The summed E-state index contributed by atoms with van der Waals surface area (Å²) in [6.45, 7) is 10.6. The monoisotopic (exact) mass is 381 g/mol. The fraction of sp³-hybridized carbons (Fsp3) is 0.455. The van der Waals surface area contributed by atoms with E-state index in [-0.39, 0.29) is 0 Å². The molecule has 2 heterocycles. The van der Waals surface area contributed by atoms with E-state index in [2.05, 4.69) is 61.1 Å². The van der Waals surface area contributed by atoms with Crippen molar-refractivity contribution < 1.29 is 4.74 Å². The van der Waals surface area contributed by atoms with Crippen LogP contribution in [0.2, 0.25) is 0 Å². The Kier molecular flexibility index (Phi) is 6.39. The van der Waals surface area contributed by atoms with Crippen molar-refractivity contribution in [2.45, 2.75) is 47.0 Å². The number of ether oxygens (including phenoxy) is 1. The van der Waals surface area contributed by atoms with Crippen molar-refractivity contribution in [2.75, 3.05) is 30.4 Å². The second-order valence-electron chi connectivity index (χ2n) is 7.04. The molecule has 0 aliphatic carbocycles. The van der Waals surface area contributed by atoms with E-state index in [1.807, 2.05) is 10.6 Å². The summed E-state index contributed by atoms with van der Waals surface area (Å²) in [4.78, 5) is 11.6. The van der Waals surface area contributed by atoms with E-state index in [1.165, 1.54) is 11.1 Å². The molecule has 0 saturated heterocycles. The average molecular weight is 382 g/mol. The SMILES string of the molecule is CCCN(CCC)c1c(OC)c(Nc2ccc(C)cc2CC)nc2nccn12. The lowest BCUT2D eigenvalue weighted by molar-refractivity contribution is 0.412. The van der Waals surface area contributed by atoms with Gasteiger partial charge in [0, 0.05) is 31.2 Å². The largest absolute Gasteiger partial charge is 0.490 e. The lowest BCUT2D eigenvalue weighted by Crippen LogP contribution is -2.28. The Hall–Kier alpha value is -2.76. The predicted octanol–water partition coefficient (Wildman–Crippen LogP) is 4.98. The number of nitrogens with zero attached hydrogens (tertiary/aromatic N) is 4. The van der Waals surface area contributed by atoms with Crippen LogP contribution in [0.15, 0.2) is 30.6 Å². The summed E-state index contributed by atoms with van der Waals surface area (Å²) in [5.41, 5.74) is 3.56. The highest BCUT2D eigenvalue weighted by molar-refractivity contribution is 5.74. The van der Waals surface area contributed by atoms with Gasteiger partial charge in [-0.3, -0.25) is 4.40 Å². The van der Waals surface area contributed by atoms with Crippen LogP contribution < -0.4 is 15.0 Å². The van der Waals surface area contributed by atoms with E-state index >= 15 is 0 Å². The number of benzene rings is 1. The number of methoxy groups -OCH3 is 1. The van der Waals surface area contributed by atoms with Crippen LogP contribution in [0.1, 0.15) is 44.7 Å². The third kappa shape index (κ3) is 3.91. The number of nitrogens with one attached hydrogen (secondary N) is 1. The van der Waals surface area contributed by atoms with Gasteiger partial charge in [0.25, 0.3) is 0 Å². The first-order chi connectivity index (χ1) is 13.6. The molecular weight excluding hydrogens is 350 g/mol. The van der Waals surface area contributed by atoms with Crippen molar-refractivity contribution in [3.63, 3.8) is 0 Å². The van der Waals surface area contributed by atoms with Crippen LogP contribution in [0.3, 0.4) is 0 Å². The van der Waals surface area contributed by atoms with Crippen LogP contribution >= 0.6 is 0 Å². The van der Waals surface area contributed by atoms with Crippen LogP contribution in [0, 0.1) is 6.92 Å². The van der Waals surface area contributed by atoms with Crippen LogP contribution in [-0.2, 0) is 6.42 Å². The number of fused-ring (bicyclic) bond motifs is 1. The van der Waals surface area contributed by atoms with Gasteiger partial charge < -0.3 is 15.0 Å². The Bertz CT molecular complexity index is 928.